The van der Waals surface area contributed by atoms with Crippen LogP contribution in [-0.4, -0.2) is 13.3 Å². The summed E-state index contributed by atoms with van der Waals surface area (Å²) in [4.78, 5) is 14.0. The van der Waals surface area contributed by atoms with E-state index in [9.17, 15) is 4.79 Å². The van der Waals surface area contributed by atoms with Crippen LogP contribution in [0.25, 0.3) is 0 Å². The Morgan fingerprint density at radius 2 is 1.59 bits per heavy atom. The maximum Gasteiger partial charge on any atom is 0.124 e. The molecule has 114 valence electrons. The monoisotopic (exact) mass is 293 g/mol. The van der Waals surface area contributed by atoms with E-state index in [0.29, 0.717) is 0 Å². The highest BCUT2D eigenvalue weighted by molar-refractivity contribution is 5.77. The number of carbonyl (C=O) groups is 1. The summed E-state index contributed by atoms with van der Waals surface area (Å²) in [6.45, 7) is 2.18. The Bertz CT molecular complexity index is 617. The standard InChI is InChI=1S/C20H23NO/c1-3-4-9-15(14-22)20-16-10-5-7-12-18(16)21(2)19-13-8-6-11-17(19)20/h5-8,10-15,20H,3-4,9H2,1-2H3/t15-/m0/s1. The van der Waals surface area contributed by atoms with E-state index < -0.39 is 0 Å². The van der Waals surface area contributed by atoms with Gasteiger partial charge in [0.05, 0.1) is 0 Å². The predicted molar refractivity (Wildman–Crippen MR) is 91.9 cm³/mol. The lowest BCUT2D eigenvalue weighted by molar-refractivity contribution is -0.111. The Morgan fingerprint density at radius 3 is 2.09 bits per heavy atom. The van der Waals surface area contributed by atoms with Gasteiger partial charge in [-0.2, -0.15) is 0 Å². The second kappa shape index (κ2) is 6.35. The van der Waals surface area contributed by atoms with E-state index in [-0.39, 0.29) is 11.8 Å². The molecule has 0 amide bonds. The number of aldehydes is 1. The lowest BCUT2D eigenvalue weighted by Crippen LogP contribution is -2.26. The number of benzene rings is 2. The number of rotatable bonds is 5. The van der Waals surface area contributed by atoms with Crippen molar-refractivity contribution in [3.63, 3.8) is 0 Å². The average Bonchev–Trinajstić information content (AvgIpc) is 2.58. The van der Waals surface area contributed by atoms with Gasteiger partial charge in [-0.1, -0.05) is 56.2 Å². The van der Waals surface area contributed by atoms with Crippen molar-refractivity contribution in [2.45, 2.75) is 32.1 Å². The van der Waals surface area contributed by atoms with Crippen LogP contribution in [0.15, 0.2) is 48.5 Å². The number of hydrogen-bond donors (Lipinski definition) is 0. The Morgan fingerprint density at radius 1 is 1.05 bits per heavy atom. The lowest BCUT2D eigenvalue weighted by atomic mass is 9.75. The Hall–Kier alpha value is -2.09. The van der Waals surface area contributed by atoms with Gasteiger partial charge in [0.15, 0.2) is 0 Å². The van der Waals surface area contributed by atoms with Gasteiger partial charge in [-0.05, 0) is 29.7 Å². The van der Waals surface area contributed by atoms with E-state index in [0.717, 1.165) is 19.3 Å². The van der Waals surface area contributed by atoms with Crippen LogP contribution in [0.2, 0.25) is 0 Å². The fraction of sp³-hybridized carbons (Fsp3) is 0.350. The molecule has 0 aromatic heterocycles. The van der Waals surface area contributed by atoms with Crippen molar-refractivity contribution < 1.29 is 4.79 Å². The minimum atomic E-state index is 0.0518. The summed E-state index contributed by atoms with van der Waals surface area (Å²) in [6.07, 6.45) is 4.34. The highest BCUT2D eigenvalue weighted by Crippen LogP contribution is 2.48. The zero-order valence-corrected chi connectivity index (χ0v) is 13.3. The topological polar surface area (TPSA) is 20.3 Å². The molecule has 3 rings (SSSR count). The third-order valence-electron chi connectivity index (χ3n) is 4.76. The second-order valence-corrected chi connectivity index (χ2v) is 6.10. The first-order valence-corrected chi connectivity index (χ1v) is 8.14. The Kier molecular flexibility index (Phi) is 4.28. The predicted octanol–water partition coefficient (Wildman–Crippen LogP) is 4.91. The van der Waals surface area contributed by atoms with Gasteiger partial charge in [-0.15, -0.1) is 0 Å². The normalized spacial score (nSPS) is 15.1. The number of unbranched alkanes of at least 4 members (excludes halogenated alkanes) is 1. The number of carbonyl (C=O) groups excluding carboxylic acids is 1. The van der Waals surface area contributed by atoms with Crippen LogP contribution in [0, 0.1) is 5.92 Å². The van der Waals surface area contributed by atoms with E-state index >= 15 is 0 Å². The van der Waals surface area contributed by atoms with Crippen LogP contribution in [0.3, 0.4) is 0 Å². The molecule has 0 spiro atoms. The maximum atomic E-state index is 11.8. The molecule has 0 radical (unpaired) electrons. The van der Waals surface area contributed by atoms with E-state index in [1.165, 1.54) is 28.8 Å². The van der Waals surface area contributed by atoms with Crippen molar-refractivity contribution >= 4 is 17.7 Å². The molecule has 0 bridgehead atoms. The third kappa shape index (κ3) is 2.43. The first-order valence-electron chi connectivity index (χ1n) is 8.14. The summed E-state index contributed by atoms with van der Waals surface area (Å²) in [7, 11) is 2.11. The van der Waals surface area contributed by atoms with Crippen molar-refractivity contribution in [3.8, 4) is 0 Å². The summed E-state index contributed by atoms with van der Waals surface area (Å²) < 4.78 is 0. The van der Waals surface area contributed by atoms with Gasteiger partial charge >= 0.3 is 0 Å². The van der Waals surface area contributed by atoms with Gasteiger partial charge in [0.2, 0.25) is 0 Å². The molecule has 2 nitrogen and oxygen atoms in total. The van der Waals surface area contributed by atoms with Crippen molar-refractivity contribution in [3.05, 3.63) is 59.7 Å². The molecule has 1 aliphatic rings. The molecule has 0 N–H and O–H groups in total. The molecule has 2 aromatic rings. The molecule has 2 aromatic carbocycles. The van der Waals surface area contributed by atoms with E-state index in [1.54, 1.807) is 0 Å². The van der Waals surface area contributed by atoms with Gasteiger partial charge in [0.1, 0.15) is 6.29 Å². The molecule has 0 fully saturated rings. The van der Waals surface area contributed by atoms with Gasteiger partial charge in [-0.3, -0.25) is 0 Å². The van der Waals surface area contributed by atoms with Crippen LogP contribution in [0.4, 0.5) is 11.4 Å². The number of fused-ring (bicyclic) bond motifs is 2. The van der Waals surface area contributed by atoms with Crippen LogP contribution in [0.5, 0.6) is 0 Å². The molecule has 0 aliphatic carbocycles. The van der Waals surface area contributed by atoms with Crippen molar-refractivity contribution in [2.75, 3.05) is 11.9 Å². The summed E-state index contributed by atoms with van der Waals surface area (Å²) in [5.74, 6) is 0.226. The lowest BCUT2D eigenvalue weighted by Gasteiger charge is -2.37. The van der Waals surface area contributed by atoms with Crippen molar-refractivity contribution in [1.82, 2.24) is 0 Å². The Labute approximate surface area is 132 Å². The molecule has 1 atom stereocenters. The molecule has 1 heterocycles. The van der Waals surface area contributed by atoms with Crippen LogP contribution in [-0.2, 0) is 4.79 Å². The summed E-state index contributed by atoms with van der Waals surface area (Å²) >= 11 is 0. The number of nitrogens with zero attached hydrogens (tertiary/aromatic N) is 1. The quantitative estimate of drug-likeness (QED) is 0.730. The molecule has 2 heteroatoms. The van der Waals surface area contributed by atoms with Gasteiger partial charge in [0.25, 0.3) is 0 Å². The number of anilines is 2. The minimum Gasteiger partial charge on any atom is -0.344 e. The minimum absolute atomic E-state index is 0.0518. The zero-order chi connectivity index (χ0) is 15.5. The largest absolute Gasteiger partial charge is 0.344 e. The molecule has 22 heavy (non-hydrogen) atoms. The number of hydrogen-bond acceptors (Lipinski definition) is 2. The van der Waals surface area contributed by atoms with Crippen LogP contribution in [0.1, 0.15) is 43.2 Å². The summed E-state index contributed by atoms with van der Waals surface area (Å²) in [5, 5.41) is 0. The molecule has 0 unspecified atom stereocenters. The third-order valence-corrected chi connectivity index (χ3v) is 4.76. The zero-order valence-electron chi connectivity index (χ0n) is 13.3. The van der Waals surface area contributed by atoms with Crippen molar-refractivity contribution in [2.24, 2.45) is 5.92 Å². The Balaban J connectivity index is 2.13. The fourth-order valence-corrected chi connectivity index (χ4v) is 3.62. The van der Waals surface area contributed by atoms with E-state index in [1.807, 2.05) is 0 Å². The summed E-state index contributed by atoms with van der Waals surface area (Å²) in [5.41, 5.74) is 4.98. The van der Waals surface area contributed by atoms with Gasteiger partial charge in [-0.25, -0.2) is 0 Å². The molecule has 1 aliphatic heterocycles. The van der Waals surface area contributed by atoms with Crippen LogP contribution >= 0.6 is 0 Å². The fourth-order valence-electron chi connectivity index (χ4n) is 3.62. The van der Waals surface area contributed by atoms with Gasteiger partial charge < -0.3 is 9.69 Å². The molecular weight excluding hydrogens is 270 g/mol. The number of para-hydroxylation sites is 2. The molecule has 0 saturated heterocycles. The first-order chi connectivity index (χ1) is 10.8. The molecular formula is C20H23NO. The van der Waals surface area contributed by atoms with E-state index in [4.69, 9.17) is 0 Å². The highest BCUT2D eigenvalue weighted by atomic mass is 16.1. The molecule has 0 saturated carbocycles. The summed E-state index contributed by atoms with van der Waals surface area (Å²) in [6, 6.07) is 17.0. The second-order valence-electron chi connectivity index (χ2n) is 6.10. The van der Waals surface area contributed by atoms with E-state index in [2.05, 4.69) is 67.4 Å². The smallest absolute Gasteiger partial charge is 0.124 e. The van der Waals surface area contributed by atoms with Gasteiger partial charge in [0, 0.05) is 30.3 Å². The highest BCUT2D eigenvalue weighted by Gasteiger charge is 2.33. The maximum absolute atomic E-state index is 11.8. The SMILES string of the molecule is CCCC[C@@H](C=O)C1c2ccccc2N(C)c2ccccc21. The first kappa shape index (κ1) is 14.8. The average molecular weight is 293 g/mol. The van der Waals surface area contributed by atoms with Crippen LogP contribution < -0.4 is 4.90 Å². The van der Waals surface area contributed by atoms with Crippen molar-refractivity contribution in [1.29, 1.82) is 0 Å².